The summed E-state index contributed by atoms with van der Waals surface area (Å²) in [4.78, 5) is 6.93. The first-order chi connectivity index (χ1) is 14.2. The van der Waals surface area contributed by atoms with Crippen LogP contribution in [0.25, 0.3) is 0 Å². The van der Waals surface area contributed by atoms with Gasteiger partial charge >= 0.3 is 0 Å². The van der Waals surface area contributed by atoms with Crippen molar-refractivity contribution in [2.45, 2.75) is 19.4 Å². The Balaban J connectivity index is 1.35. The van der Waals surface area contributed by atoms with Crippen LogP contribution >= 0.6 is 12.2 Å². The van der Waals surface area contributed by atoms with E-state index in [2.05, 4.69) is 44.8 Å². The Morgan fingerprint density at radius 1 is 1.10 bits per heavy atom. The number of para-hydroxylation sites is 1. The van der Waals surface area contributed by atoms with Crippen LogP contribution in [0.5, 0.6) is 5.75 Å². The van der Waals surface area contributed by atoms with Crippen LogP contribution in [0, 0.1) is 0 Å². The molecule has 29 heavy (non-hydrogen) atoms. The summed E-state index contributed by atoms with van der Waals surface area (Å²) in [6, 6.07) is 20.5. The predicted molar refractivity (Wildman–Crippen MR) is 122 cm³/mol. The van der Waals surface area contributed by atoms with Gasteiger partial charge in [0.05, 0.1) is 19.0 Å². The Labute approximate surface area is 176 Å². The fraction of sp³-hybridized carbons (Fsp3) is 0.217. The molecular formula is C23H24N4OS. The van der Waals surface area contributed by atoms with Crippen molar-refractivity contribution in [3.05, 3.63) is 78.0 Å². The molecule has 6 heteroatoms. The Morgan fingerprint density at radius 2 is 1.93 bits per heavy atom. The van der Waals surface area contributed by atoms with Crippen molar-refractivity contribution in [2.75, 3.05) is 23.9 Å². The third-order valence-corrected chi connectivity index (χ3v) is 5.25. The number of fused-ring (bicyclic) bond motifs is 1. The number of rotatable bonds is 5. The SMILES string of the molecule is COc1ccc(CNC(=S)Nc2ccc(N3CCCc4ccccc43)nc2)cc1. The third kappa shape index (κ3) is 4.66. The molecule has 2 N–H and O–H groups in total. The second kappa shape index (κ2) is 8.92. The molecule has 0 aliphatic carbocycles. The van der Waals surface area contributed by atoms with Gasteiger partial charge in [-0.15, -0.1) is 0 Å². The van der Waals surface area contributed by atoms with Crippen molar-refractivity contribution >= 4 is 34.5 Å². The molecule has 2 heterocycles. The van der Waals surface area contributed by atoms with Crippen LogP contribution < -0.4 is 20.3 Å². The second-order valence-electron chi connectivity index (χ2n) is 6.94. The molecule has 0 fully saturated rings. The van der Waals surface area contributed by atoms with E-state index in [0.717, 1.165) is 42.2 Å². The highest BCUT2D eigenvalue weighted by Crippen LogP contribution is 2.32. The fourth-order valence-corrected chi connectivity index (χ4v) is 3.68. The summed E-state index contributed by atoms with van der Waals surface area (Å²) in [5.41, 5.74) is 4.63. The minimum atomic E-state index is 0.568. The molecule has 0 atom stereocenters. The number of ether oxygens (including phenoxy) is 1. The summed E-state index contributed by atoms with van der Waals surface area (Å²) < 4.78 is 5.18. The lowest BCUT2D eigenvalue weighted by Crippen LogP contribution is -2.28. The summed E-state index contributed by atoms with van der Waals surface area (Å²) >= 11 is 5.41. The van der Waals surface area contributed by atoms with Crippen LogP contribution in [0.2, 0.25) is 0 Å². The molecular weight excluding hydrogens is 380 g/mol. The van der Waals surface area contributed by atoms with Gasteiger partial charge in [0.1, 0.15) is 11.6 Å². The summed E-state index contributed by atoms with van der Waals surface area (Å²) in [5, 5.41) is 6.98. The fourth-order valence-electron chi connectivity index (χ4n) is 3.49. The highest BCUT2D eigenvalue weighted by atomic mass is 32.1. The molecule has 4 rings (SSSR count). The van der Waals surface area contributed by atoms with E-state index in [-0.39, 0.29) is 0 Å². The molecule has 0 spiro atoms. The Morgan fingerprint density at radius 3 is 2.69 bits per heavy atom. The zero-order valence-electron chi connectivity index (χ0n) is 16.4. The first kappa shape index (κ1) is 19.2. The highest BCUT2D eigenvalue weighted by molar-refractivity contribution is 7.80. The van der Waals surface area contributed by atoms with Gasteiger partial charge in [0.15, 0.2) is 5.11 Å². The molecule has 0 radical (unpaired) electrons. The molecule has 1 aromatic heterocycles. The van der Waals surface area contributed by atoms with Crippen LogP contribution in [0.3, 0.4) is 0 Å². The topological polar surface area (TPSA) is 49.4 Å². The molecule has 3 aromatic rings. The van der Waals surface area contributed by atoms with Gasteiger partial charge in [0, 0.05) is 18.8 Å². The van der Waals surface area contributed by atoms with Crippen LogP contribution in [0.15, 0.2) is 66.9 Å². The van der Waals surface area contributed by atoms with Gasteiger partial charge in [-0.1, -0.05) is 30.3 Å². The number of nitrogens with zero attached hydrogens (tertiary/aromatic N) is 2. The summed E-state index contributed by atoms with van der Waals surface area (Å²) in [7, 11) is 1.66. The number of pyridine rings is 1. The number of anilines is 3. The Kier molecular flexibility index (Phi) is 5.91. The minimum Gasteiger partial charge on any atom is -0.497 e. The molecule has 1 aliphatic heterocycles. The van der Waals surface area contributed by atoms with E-state index in [9.17, 15) is 0 Å². The van der Waals surface area contributed by atoms with Crippen LogP contribution in [0.4, 0.5) is 17.2 Å². The molecule has 1 aliphatic rings. The average Bonchev–Trinajstić information content (AvgIpc) is 2.78. The van der Waals surface area contributed by atoms with E-state index in [0.29, 0.717) is 11.7 Å². The molecule has 0 saturated heterocycles. The number of hydrogen-bond donors (Lipinski definition) is 2. The van der Waals surface area contributed by atoms with Crippen molar-refractivity contribution in [1.29, 1.82) is 0 Å². The number of nitrogens with one attached hydrogen (secondary N) is 2. The minimum absolute atomic E-state index is 0.568. The predicted octanol–water partition coefficient (Wildman–Crippen LogP) is 4.66. The lowest BCUT2D eigenvalue weighted by molar-refractivity contribution is 0.414. The number of thiocarbonyl (C=S) groups is 1. The molecule has 2 aromatic carbocycles. The largest absolute Gasteiger partial charge is 0.497 e. The highest BCUT2D eigenvalue weighted by Gasteiger charge is 2.18. The van der Waals surface area contributed by atoms with Crippen molar-refractivity contribution < 1.29 is 4.74 Å². The van der Waals surface area contributed by atoms with E-state index in [1.54, 1.807) is 7.11 Å². The summed E-state index contributed by atoms with van der Waals surface area (Å²) in [6.45, 7) is 1.63. The molecule has 148 valence electrons. The lowest BCUT2D eigenvalue weighted by atomic mass is 10.0. The van der Waals surface area contributed by atoms with Crippen LogP contribution in [-0.4, -0.2) is 23.8 Å². The zero-order valence-corrected chi connectivity index (χ0v) is 17.2. The quantitative estimate of drug-likeness (QED) is 0.603. The molecule has 0 saturated carbocycles. The van der Waals surface area contributed by atoms with Gasteiger partial charge in [0.25, 0.3) is 0 Å². The summed E-state index contributed by atoms with van der Waals surface area (Å²) in [5.74, 6) is 1.80. The van der Waals surface area contributed by atoms with Crippen molar-refractivity contribution in [1.82, 2.24) is 10.3 Å². The third-order valence-electron chi connectivity index (χ3n) is 5.00. The van der Waals surface area contributed by atoms with Gasteiger partial charge in [-0.25, -0.2) is 4.98 Å². The van der Waals surface area contributed by atoms with E-state index >= 15 is 0 Å². The number of benzene rings is 2. The normalized spacial score (nSPS) is 12.8. The van der Waals surface area contributed by atoms with E-state index in [1.165, 1.54) is 11.3 Å². The standard InChI is InChI=1S/C23H24N4OS/c1-28-20-11-8-17(9-12-20)15-25-23(29)26-19-10-13-22(24-16-19)27-14-4-6-18-5-2-3-7-21(18)27/h2-3,5,7-13,16H,4,6,14-15H2,1H3,(H2,25,26,29). The maximum atomic E-state index is 5.41. The smallest absolute Gasteiger partial charge is 0.171 e. The molecule has 0 unspecified atom stereocenters. The van der Waals surface area contributed by atoms with Gasteiger partial charge in [-0.3, -0.25) is 0 Å². The first-order valence-corrected chi connectivity index (χ1v) is 10.1. The number of methoxy groups -OCH3 is 1. The van der Waals surface area contributed by atoms with Gasteiger partial charge in [-0.2, -0.15) is 0 Å². The molecule has 0 amide bonds. The van der Waals surface area contributed by atoms with Gasteiger partial charge in [0.2, 0.25) is 0 Å². The molecule has 5 nitrogen and oxygen atoms in total. The van der Waals surface area contributed by atoms with Crippen LogP contribution in [0.1, 0.15) is 17.5 Å². The number of aryl methyl sites for hydroxylation is 1. The average molecular weight is 405 g/mol. The van der Waals surface area contributed by atoms with Gasteiger partial charge < -0.3 is 20.3 Å². The van der Waals surface area contributed by atoms with Gasteiger partial charge in [-0.05, 0) is 66.5 Å². The molecule has 0 bridgehead atoms. The van der Waals surface area contributed by atoms with Crippen molar-refractivity contribution in [3.63, 3.8) is 0 Å². The van der Waals surface area contributed by atoms with Crippen molar-refractivity contribution in [3.8, 4) is 5.75 Å². The second-order valence-corrected chi connectivity index (χ2v) is 7.35. The maximum absolute atomic E-state index is 5.41. The van der Waals surface area contributed by atoms with E-state index in [4.69, 9.17) is 17.0 Å². The van der Waals surface area contributed by atoms with E-state index in [1.807, 2.05) is 42.6 Å². The Bertz CT molecular complexity index is 973. The Hall–Kier alpha value is -3.12. The summed E-state index contributed by atoms with van der Waals surface area (Å²) in [6.07, 6.45) is 4.09. The maximum Gasteiger partial charge on any atom is 0.171 e. The van der Waals surface area contributed by atoms with Crippen LogP contribution in [-0.2, 0) is 13.0 Å². The van der Waals surface area contributed by atoms with E-state index < -0.39 is 0 Å². The number of hydrogen-bond acceptors (Lipinski definition) is 4. The number of aromatic nitrogens is 1. The zero-order chi connectivity index (χ0) is 20.1. The van der Waals surface area contributed by atoms with Crippen molar-refractivity contribution in [2.24, 2.45) is 0 Å². The first-order valence-electron chi connectivity index (χ1n) is 9.72. The monoisotopic (exact) mass is 404 g/mol. The lowest BCUT2D eigenvalue weighted by Gasteiger charge is -2.30.